The lowest BCUT2D eigenvalue weighted by atomic mass is 10.2. The van der Waals surface area contributed by atoms with Gasteiger partial charge in [-0.2, -0.15) is 0 Å². The van der Waals surface area contributed by atoms with Gasteiger partial charge in [-0.1, -0.05) is 45.9 Å². The highest BCUT2D eigenvalue weighted by molar-refractivity contribution is 9.10. The number of anilines is 1. The fourth-order valence-electron chi connectivity index (χ4n) is 2.58. The first-order chi connectivity index (χ1) is 14.5. The maximum Gasteiger partial charge on any atom is 0.337 e. The fourth-order valence-corrected chi connectivity index (χ4v) is 3.48. The van der Waals surface area contributed by atoms with Crippen LogP contribution in [0, 0.1) is 0 Å². The van der Waals surface area contributed by atoms with E-state index in [1.165, 1.54) is 18.9 Å². The van der Waals surface area contributed by atoms with Crippen molar-refractivity contribution in [3.8, 4) is 11.4 Å². The minimum Gasteiger partial charge on any atom is -0.465 e. The normalized spacial score (nSPS) is 10.5. The molecule has 1 heterocycles. The summed E-state index contributed by atoms with van der Waals surface area (Å²) in [5.41, 5.74) is 1.94. The summed E-state index contributed by atoms with van der Waals surface area (Å²) in [5, 5.41) is 7.76. The third-order valence-electron chi connectivity index (χ3n) is 3.98. The van der Waals surface area contributed by atoms with Crippen LogP contribution in [0.3, 0.4) is 0 Å². The number of carbonyl (C=O) groups is 2. The number of esters is 1. The van der Waals surface area contributed by atoms with Crippen LogP contribution in [0.25, 0.3) is 11.4 Å². The minimum absolute atomic E-state index is 0.149. The molecule has 0 aliphatic carbocycles. The van der Waals surface area contributed by atoms with Gasteiger partial charge in [0.05, 0.1) is 25.0 Å². The van der Waals surface area contributed by atoms with Crippen LogP contribution in [0.5, 0.6) is 0 Å². The minimum atomic E-state index is -0.425. The Hall–Kier alpha value is -2.91. The van der Waals surface area contributed by atoms with Gasteiger partial charge in [-0.3, -0.25) is 4.79 Å². The first kappa shape index (κ1) is 21.8. The van der Waals surface area contributed by atoms with Crippen LogP contribution in [0.15, 0.2) is 70.8 Å². The summed E-state index contributed by atoms with van der Waals surface area (Å²) < 4.78 is 7.39. The highest BCUT2D eigenvalue weighted by atomic mass is 79.9. The van der Waals surface area contributed by atoms with Gasteiger partial charge in [0, 0.05) is 15.7 Å². The molecule has 7 nitrogen and oxygen atoms in total. The summed E-state index contributed by atoms with van der Waals surface area (Å²) in [6.07, 6.45) is 1.75. The lowest BCUT2D eigenvalue weighted by molar-refractivity contribution is -0.113. The SMILES string of the molecule is C=CCn1nc(SCC(=O)Nc2ccc(C(=O)OC)cc2)nc1-c1ccc(Br)cc1. The summed E-state index contributed by atoms with van der Waals surface area (Å²) >= 11 is 4.67. The third-order valence-corrected chi connectivity index (χ3v) is 5.35. The smallest absolute Gasteiger partial charge is 0.337 e. The monoisotopic (exact) mass is 486 g/mol. The van der Waals surface area contributed by atoms with E-state index in [0.29, 0.717) is 28.8 Å². The van der Waals surface area contributed by atoms with Crippen molar-refractivity contribution in [1.82, 2.24) is 14.8 Å². The lowest BCUT2D eigenvalue weighted by Gasteiger charge is -2.05. The third kappa shape index (κ3) is 5.58. The molecular formula is C21H19BrN4O3S. The predicted molar refractivity (Wildman–Crippen MR) is 120 cm³/mol. The van der Waals surface area contributed by atoms with Gasteiger partial charge in [-0.25, -0.2) is 14.5 Å². The van der Waals surface area contributed by atoms with Gasteiger partial charge in [0.25, 0.3) is 0 Å². The molecule has 1 N–H and O–H groups in total. The molecule has 0 saturated carbocycles. The number of nitrogens with one attached hydrogen (secondary N) is 1. The number of hydrogen-bond donors (Lipinski definition) is 1. The van der Waals surface area contributed by atoms with Crippen molar-refractivity contribution >= 4 is 45.3 Å². The van der Waals surface area contributed by atoms with Gasteiger partial charge < -0.3 is 10.1 Å². The first-order valence-electron chi connectivity index (χ1n) is 8.93. The van der Waals surface area contributed by atoms with Crippen molar-refractivity contribution in [3.05, 3.63) is 71.2 Å². The van der Waals surface area contributed by atoms with Crippen LogP contribution in [0.2, 0.25) is 0 Å². The summed E-state index contributed by atoms with van der Waals surface area (Å²) in [6, 6.07) is 14.3. The molecule has 0 spiro atoms. The van der Waals surface area contributed by atoms with E-state index in [1.807, 2.05) is 24.3 Å². The molecule has 154 valence electrons. The maximum absolute atomic E-state index is 12.3. The molecule has 0 fully saturated rings. The number of thioether (sulfide) groups is 1. The van der Waals surface area contributed by atoms with E-state index in [0.717, 1.165) is 10.0 Å². The number of ether oxygens (including phenoxy) is 1. The van der Waals surface area contributed by atoms with Gasteiger partial charge >= 0.3 is 5.97 Å². The Morgan fingerprint density at radius 2 is 1.90 bits per heavy atom. The zero-order chi connectivity index (χ0) is 21.5. The maximum atomic E-state index is 12.3. The second-order valence-corrected chi connectivity index (χ2v) is 7.96. The Morgan fingerprint density at radius 3 is 2.53 bits per heavy atom. The number of carbonyl (C=O) groups excluding carboxylic acids is 2. The zero-order valence-electron chi connectivity index (χ0n) is 16.2. The molecule has 1 amide bonds. The van der Waals surface area contributed by atoms with E-state index in [4.69, 9.17) is 0 Å². The van der Waals surface area contributed by atoms with Gasteiger partial charge in [0.15, 0.2) is 5.82 Å². The number of amides is 1. The predicted octanol–water partition coefficient (Wildman–Crippen LogP) is 4.41. The van der Waals surface area contributed by atoms with Crippen LogP contribution in [-0.2, 0) is 16.1 Å². The summed E-state index contributed by atoms with van der Waals surface area (Å²) in [5.74, 6) is 0.238. The van der Waals surface area contributed by atoms with E-state index in [9.17, 15) is 9.59 Å². The Balaban J connectivity index is 1.64. The van der Waals surface area contributed by atoms with Crippen molar-refractivity contribution in [3.63, 3.8) is 0 Å². The molecule has 1 aromatic heterocycles. The standard InChI is InChI=1S/C21H19BrN4O3S/c1-3-12-26-19(14-4-8-16(22)9-5-14)24-21(25-26)30-13-18(27)23-17-10-6-15(7-11-17)20(28)29-2/h3-11H,1,12-13H2,2H3,(H,23,27). The Bertz CT molecular complexity index is 1050. The molecule has 0 unspecified atom stereocenters. The second-order valence-electron chi connectivity index (χ2n) is 6.10. The Morgan fingerprint density at radius 1 is 1.20 bits per heavy atom. The topological polar surface area (TPSA) is 86.1 Å². The van der Waals surface area contributed by atoms with Crippen LogP contribution >= 0.6 is 27.7 Å². The van der Waals surface area contributed by atoms with Gasteiger partial charge in [0.2, 0.25) is 11.1 Å². The van der Waals surface area contributed by atoms with Gasteiger partial charge in [0.1, 0.15) is 0 Å². The Labute approximate surface area is 186 Å². The molecule has 0 atom stereocenters. The van der Waals surface area contributed by atoms with E-state index < -0.39 is 5.97 Å². The number of aromatic nitrogens is 3. The molecule has 30 heavy (non-hydrogen) atoms. The number of allylic oxidation sites excluding steroid dienone is 1. The first-order valence-corrected chi connectivity index (χ1v) is 10.7. The molecule has 0 radical (unpaired) electrons. The summed E-state index contributed by atoms with van der Waals surface area (Å²) in [4.78, 5) is 28.3. The molecule has 2 aromatic carbocycles. The van der Waals surface area contributed by atoms with E-state index in [-0.39, 0.29) is 11.7 Å². The largest absolute Gasteiger partial charge is 0.465 e. The molecule has 0 aliphatic rings. The number of methoxy groups -OCH3 is 1. The number of nitrogens with zero attached hydrogens (tertiary/aromatic N) is 3. The highest BCUT2D eigenvalue weighted by Crippen LogP contribution is 2.24. The number of halogens is 1. The summed E-state index contributed by atoms with van der Waals surface area (Å²) in [6.45, 7) is 4.27. The van der Waals surface area contributed by atoms with Crippen molar-refractivity contribution in [2.75, 3.05) is 18.2 Å². The number of hydrogen-bond acceptors (Lipinski definition) is 6. The highest BCUT2D eigenvalue weighted by Gasteiger charge is 2.14. The van der Waals surface area contributed by atoms with Crippen molar-refractivity contribution < 1.29 is 14.3 Å². The lowest BCUT2D eigenvalue weighted by Crippen LogP contribution is -2.14. The van der Waals surface area contributed by atoms with E-state index in [2.05, 4.69) is 42.6 Å². The number of rotatable bonds is 8. The van der Waals surface area contributed by atoms with Crippen LogP contribution in [-0.4, -0.2) is 39.5 Å². The fraction of sp³-hybridized carbons (Fsp3) is 0.143. The average Bonchev–Trinajstić information content (AvgIpc) is 3.16. The molecule has 0 bridgehead atoms. The zero-order valence-corrected chi connectivity index (χ0v) is 18.6. The van der Waals surface area contributed by atoms with Crippen molar-refractivity contribution in [2.45, 2.75) is 11.7 Å². The van der Waals surface area contributed by atoms with Crippen molar-refractivity contribution in [2.24, 2.45) is 0 Å². The van der Waals surface area contributed by atoms with Gasteiger partial charge in [-0.05, 0) is 36.4 Å². The average molecular weight is 487 g/mol. The summed E-state index contributed by atoms with van der Waals surface area (Å²) in [7, 11) is 1.32. The van der Waals surface area contributed by atoms with E-state index in [1.54, 1.807) is 35.0 Å². The molecule has 3 rings (SSSR count). The van der Waals surface area contributed by atoms with E-state index >= 15 is 0 Å². The molecule has 0 saturated heterocycles. The number of benzene rings is 2. The van der Waals surface area contributed by atoms with Crippen LogP contribution in [0.1, 0.15) is 10.4 Å². The molecular weight excluding hydrogens is 468 g/mol. The van der Waals surface area contributed by atoms with Crippen LogP contribution in [0.4, 0.5) is 5.69 Å². The van der Waals surface area contributed by atoms with Gasteiger partial charge in [-0.15, -0.1) is 11.7 Å². The molecule has 0 aliphatic heterocycles. The van der Waals surface area contributed by atoms with Crippen molar-refractivity contribution in [1.29, 1.82) is 0 Å². The Kier molecular flexibility index (Phi) is 7.42. The second kappa shape index (κ2) is 10.2. The molecule has 9 heteroatoms. The quantitative estimate of drug-likeness (QED) is 0.288. The van der Waals surface area contributed by atoms with Crippen LogP contribution < -0.4 is 5.32 Å². The molecule has 3 aromatic rings.